The zero-order chi connectivity index (χ0) is 13.0. The highest BCUT2D eigenvalue weighted by atomic mass is 79.9. The minimum Gasteiger partial charge on any atom is -0.495 e. The highest BCUT2D eigenvalue weighted by molar-refractivity contribution is 9.10. The van der Waals surface area contributed by atoms with Gasteiger partial charge in [0.15, 0.2) is 0 Å². The van der Waals surface area contributed by atoms with Gasteiger partial charge in [-0.1, -0.05) is 0 Å². The second kappa shape index (κ2) is 5.97. The van der Waals surface area contributed by atoms with Crippen LogP contribution in [0.5, 0.6) is 5.75 Å². The summed E-state index contributed by atoms with van der Waals surface area (Å²) >= 11 is 3.17. The molecule has 0 aliphatic heterocycles. The Balaban J connectivity index is 2.98. The van der Waals surface area contributed by atoms with Crippen molar-refractivity contribution in [2.75, 3.05) is 7.11 Å². The molecule has 17 heavy (non-hydrogen) atoms. The quantitative estimate of drug-likeness (QED) is 0.876. The lowest BCUT2D eigenvalue weighted by Crippen LogP contribution is -2.14. The van der Waals surface area contributed by atoms with Gasteiger partial charge in [0, 0.05) is 18.0 Å². The van der Waals surface area contributed by atoms with E-state index in [-0.39, 0.29) is 12.8 Å². The number of carboxylic acid groups (broad SMARTS) is 1. The molecule has 0 saturated heterocycles. The van der Waals surface area contributed by atoms with Crippen LogP contribution in [0.4, 0.5) is 4.39 Å². The third kappa shape index (κ3) is 3.67. The maximum Gasteiger partial charge on any atom is 0.303 e. The highest BCUT2D eigenvalue weighted by Crippen LogP contribution is 2.34. The number of halogens is 2. The van der Waals surface area contributed by atoms with Crippen LogP contribution in [0.25, 0.3) is 0 Å². The van der Waals surface area contributed by atoms with Crippen molar-refractivity contribution in [3.8, 4) is 5.75 Å². The third-order valence-electron chi connectivity index (χ3n) is 2.31. The van der Waals surface area contributed by atoms with Gasteiger partial charge >= 0.3 is 5.97 Å². The van der Waals surface area contributed by atoms with Gasteiger partial charge in [-0.05, 0) is 34.5 Å². The Hall–Kier alpha value is -1.14. The first-order valence-corrected chi connectivity index (χ1v) is 5.75. The molecule has 6 heteroatoms. The van der Waals surface area contributed by atoms with E-state index in [2.05, 4.69) is 15.9 Å². The lowest BCUT2D eigenvalue weighted by molar-refractivity contribution is -0.137. The van der Waals surface area contributed by atoms with Crippen molar-refractivity contribution in [1.82, 2.24) is 0 Å². The fourth-order valence-corrected chi connectivity index (χ4v) is 2.11. The van der Waals surface area contributed by atoms with Crippen LogP contribution in [0.3, 0.4) is 0 Å². The van der Waals surface area contributed by atoms with Crippen LogP contribution in [-0.2, 0) is 4.79 Å². The average Bonchev–Trinajstić information content (AvgIpc) is 2.24. The number of carboxylic acids is 1. The van der Waals surface area contributed by atoms with Gasteiger partial charge in [0.25, 0.3) is 0 Å². The van der Waals surface area contributed by atoms with E-state index in [4.69, 9.17) is 15.6 Å². The van der Waals surface area contributed by atoms with Crippen LogP contribution in [0.1, 0.15) is 24.4 Å². The molecular formula is C11H13BrFNO3. The topological polar surface area (TPSA) is 72.5 Å². The second-order valence-corrected chi connectivity index (χ2v) is 4.40. The predicted octanol–water partition coefficient (Wildman–Crippen LogP) is 2.46. The number of nitrogens with two attached hydrogens (primary N) is 1. The molecule has 94 valence electrons. The van der Waals surface area contributed by atoms with Crippen LogP contribution in [0, 0.1) is 5.82 Å². The van der Waals surface area contributed by atoms with Gasteiger partial charge in [-0.25, -0.2) is 4.39 Å². The summed E-state index contributed by atoms with van der Waals surface area (Å²) in [5.74, 6) is -0.947. The maximum absolute atomic E-state index is 13.2. The number of carbonyl (C=O) groups is 1. The van der Waals surface area contributed by atoms with Crippen LogP contribution < -0.4 is 10.5 Å². The number of rotatable bonds is 5. The number of benzene rings is 1. The molecular weight excluding hydrogens is 293 g/mol. The molecule has 1 aromatic rings. The Bertz CT molecular complexity index is 425. The number of ether oxygens (including phenoxy) is 1. The Morgan fingerprint density at radius 2 is 2.29 bits per heavy atom. The van der Waals surface area contributed by atoms with Crippen LogP contribution in [-0.4, -0.2) is 18.2 Å². The van der Waals surface area contributed by atoms with E-state index in [1.54, 1.807) is 0 Å². The minimum absolute atomic E-state index is 0.0710. The minimum atomic E-state index is -0.935. The van der Waals surface area contributed by atoms with Crippen molar-refractivity contribution in [3.63, 3.8) is 0 Å². The molecule has 1 aromatic carbocycles. The molecule has 0 heterocycles. The maximum atomic E-state index is 13.2. The standard InChI is InChI=1S/C11H13BrFNO3/c1-17-11-7(4-6(13)5-8(11)12)9(14)2-3-10(15)16/h4-5,9H,2-3,14H2,1H3,(H,15,16). The molecule has 0 radical (unpaired) electrons. The Morgan fingerprint density at radius 3 is 2.82 bits per heavy atom. The molecule has 0 aromatic heterocycles. The fraction of sp³-hybridized carbons (Fsp3) is 0.364. The van der Waals surface area contributed by atoms with E-state index in [9.17, 15) is 9.18 Å². The normalized spacial score (nSPS) is 12.2. The summed E-state index contributed by atoms with van der Waals surface area (Å²) in [5.41, 5.74) is 6.29. The van der Waals surface area contributed by atoms with E-state index in [0.29, 0.717) is 15.8 Å². The molecule has 0 bridgehead atoms. The number of aliphatic carboxylic acids is 1. The first kappa shape index (κ1) is 13.9. The van der Waals surface area contributed by atoms with Gasteiger partial charge in [0.05, 0.1) is 11.6 Å². The molecule has 1 unspecified atom stereocenters. The van der Waals surface area contributed by atoms with Crippen molar-refractivity contribution in [3.05, 3.63) is 28.0 Å². The summed E-state index contributed by atoms with van der Waals surface area (Å²) in [7, 11) is 1.45. The second-order valence-electron chi connectivity index (χ2n) is 3.55. The van der Waals surface area contributed by atoms with Crippen molar-refractivity contribution in [2.45, 2.75) is 18.9 Å². The van der Waals surface area contributed by atoms with E-state index in [1.807, 2.05) is 0 Å². The zero-order valence-electron chi connectivity index (χ0n) is 9.24. The number of hydrogen-bond acceptors (Lipinski definition) is 3. The van der Waals surface area contributed by atoms with Gasteiger partial charge < -0.3 is 15.6 Å². The predicted molar refractivity (Wildman–Crippen MR) is 64.5 cm³/mol. The van der Waals surface area contributed by atoms with E-state index in [1.165, 1.54) is 19.2 Å². The molecule has 1 atom stereocenters. The van der Waals surface area contributed by atoms with Crippen molar-refractivity contribution >= 4 is 21.9 Å². The highest BCUT2D eigenvalue weighted by Gasteiger charge is 2.17. The van der Waals surface area contributed by atoms with Gasteiger partial charge in [0.1, 0.15) is 11.6 Å². The zero-order valence-corrected chi connectivity index (χ0v) is 10.8. The molecule has 1 rings (SSSR count). The van der Waals surface area contributed by atoms with E-state index >= 15 is 0 Å². The summed E-state index contributed by atoms with van der Waals surface area (Å²) in [6.45, 7) is 0. The van der Waals surface area contributed by atoms with E-state index in [0.717, 1.165) is 0 Å². The SMILES string of the molecule is COc1c(Br)cc(F)cc1C(N)CCC(=O)O. The largest absolute Gasteiger partial charge is 0.495 e. The number of methoxy groups -OCH3 is 1. The molecule has 4 nitrogen and oxygen atoms in total. The summed E-state index contributed by atoms with van der Waals surface area (Å²) in [5, 5.41) is 8.57. The summed E-state index contributed by atoms with van der Waals surface area (Å²) in [6, 6.07) is 1.95. The first-order valence-electron chi connectivity index (χ1n) is 4.96. The fourth-order valence-electron chi connectivity index (χ4n) is 1.51. The molecule has 0 saturated carbocycles. The molecule has 0 fully saturated rings. The summed E-state index contributed by atoms with van der Waals surface area (Å²) in [6.07, 6.45) is 0.153. The van der Waals surface area contributed by atoms with Crippen molar-refractivity contribution in [2.24, 2.45) is 5.73 Å². The summed E-state index contributed by atoms with van der Waals surface area (Å²) in [4.78, 5) is 10.5. The Labute approximate surface area is 107 Å². The van der Waals surface area contributed by atoms with Crippen LogP contribution >= 0.6 is 15.9 Å². The Kier molecular flexibility index (Phi) is 4.89. The van der Waals surface area contributed by atoms with Crippen molar-refractivity contribution in [1.29, 1.82) is 0 Å². The van der Waals surface area contributed by atoms with Crippen LogP contribution in [0.15, 0.2) is 16.6 Å². The molecule has 0 spiro atoms. The molecule has 0 amide bonds. The van der Waals surface area contributed by atoms with Gasteiger partial charge in [-0.3, -0.25) is 4.79 Å². The molecule has 3 N–H and O–H groups in total. The lowest BCUT2D eigenvalue weighted by Gasteiger charge is -2.16. The molecule has 0 aliphatic rings. The Morgan fingerprint density at radius 1 is 1.65 bits per heavy atom. The third-order valence-corrected chi connectivity index (χ3v) is 2.90. The lowest BCUT2D eigenvalue weighted by atomic mass is 10.0. The van der Waals surface area contributed by atoms with Gasteiger partial charge in [-0.2, -0.15) is 0 Å². The van der Waals surface area contributed by atoms with E-state index < -0.39 is 17.8 Å². The molecule has 0 aliphatic carbocycles. The smallest absolute Gasteiger partial charge is 0.303 e. The monoisotopic (exact) mass is 305 g/mol. The van der Waals surface area contributed by atoms with Crippen LogP contribution in [0.2, 0.25) is 0 Å². The number of hydrogen-bond donors (Lipinski definition) is 2. The van der Waals surface area contributed by atoms with Gasteiger partial charge in [-0.15, -0.1) is 0 Å². The first-order chi connectivity index (χ1) is 7.95. The summed E-state index contributed by atoms with van der Waals surface area (Å²) < 4.78 is 18.8. The average molecular weight is 306 g/mol. The van der Waals surface area contributed by atoms with Crippen molar-refractivity contribution < 1.29 is 19.0 Å². The van der Waals surface area contributed by atoms with Gasteiger partial charge in [0.2, 0.25) is 0 Å².